The summed E-state index contributed by atoms with van der Waals surface area (Å²) in [4.78, 5) is 0.0285. The fraction of sp³-hybridized carbons (Fsp3) is 0.0476. The summed E-state index contributed by atoms with van der Waals surface area (Å²) in [5.74, 6) is -0.0202. The van der Waals surface area contributed by atoms with Crippen LogP contribution in [0.3, 0.4) is 0 Å². The van der Waals surface area contributed by atoms with E-state index in [1.165, 1.54) is 31.4 Å². The maximum atomic E-state index is 14.4. The van der Waals surface area contributed by atoms with Crippen LogP contribution >= 0.6 is 0 Å². The van der Waals surface area contributed by atoms with Crippen molar-refractivity contribution >= 4 is 20.8 Å². The Morgan fingerprint density at radius 3 is 2.26 bits per heavy atom. The molecule has 0 spiro atoms. The van der Waals surface area contributed by atoms with E-state index in [4.69, 9.17) is 9.15 Å². The quantitative estimate of drug-likeness (QED) is 0.494. The molecule has 0 unspecified atom stereocenters. The third-order valence-electron chi connectivity index (χ3n) is 4.31. The molecule has 0 amide bonds. The lowest BCUT2D eigenvalue weighted by molar-refractivity contribution is 0.414. The van der Waals surface area contributed by atoms with Crippen LogP contribution in [0.15, 0.2) is 87.0 Å². The molecule has 27 heavy (non-hydrogen) atoms. The topological polar surface area (TPSA) is 56.5 Å². The minimum Gasteiger partial charge on any atom is -0.497 e. The number of fused-ring (bicyclic) bond motifs is 1. The predicted octanol–water partition coefficient (Wildman–Crippen LogP) is 5.08. The van der Waals surface area contributed by atoms with E-state index in [1.54, 1.807) is 48.5 Å². The average Bonchev–Trinajstić information content (AvgIpc) is 3.08. The summed E-state index contributed by atoms with van der Waals surface area (Å²) in [5.41, 5.74) is 0.476. The van der Waals surface area contributed by atoms with Crippen molar-refractivity contribution in [2.24, 2.45) is 0 Å². The van der Waals surface area contributed by atoms with Crippen LogP contribution < -0.4 is 4.74 Å². The van der Waals surface area contributed by atoms with Crippen LogP contribution in [0.25, 0.3) is 22.3 Å². The molecule has 0 N–H and O–H groups in total. The maximum absolute atomic E-state index is 14.4. The van der Waals surface area contributed by atoms with Crippen LogP contribution in [0.5, 0.6) is 5.75 Å². The van der Waals surface area contributed by atoms with Gasteiger partial charge in [-0.05, 0) is 48.5 Å². The molecular weight excluding hydrogens is 367 g/mol. The highest BCUT2D eigenvalue weighted by atomic mass is 32.2. The second kappa shape index (κ2) is 6.55. The van der Waals surface area contributed by atoms with Gasteiger partial charge in [-0.2, -0.15) is 0 Å². The first kappa shape index (κ1) is 17.3. The second-order valence-corrected chi connectivity index (χ2v) is 7.80. The molecule has 0 saturated carbocycles. The number of benzene rings is 3. The van der Waals surface area contributed by atoms with Gasteiger partial charge in [0.2, 0.25) is 9.84 Å². The molecule has 0 aliphatic heterocycles. The summed E-state index contributed by atoms with van der Waals surface area (Å²) in [5, 5.41) is 0.409. The Labute approximate surface area is 155 Å². The molecule has 0 radical (unpaired) electrons. The minimum absolute atomic E-state index is 0.00915. The lowest BCUT2D eigenvalue weighted by Crippen LogP contribution is -2.03. The largest absolute Gasteiger partial charge is 0.497 e. The highest BCUT2D eigenvalue weighted by Gasteiger charge is 2.30. The average molecular weight is 382 g/mol. The number of furan rings is 1. The van der Waals surface area contributed by atoms with E-state index < -0.39 is 15.7 Å². The van der Waals surface area contributed by atoms with Gasteiger partial charge >= 0.3 is 0 Å². The third kappa shape index (κ3) is 2.88. The van der Waals surface area contributed by atoms with Gasteiger partial charge in [0.25, 0.3) is 0 Å². The van der Waals surface area contributed by atoms with Gasteiger partial charge < -0.3 is 9.15 Å². The predicted molar refractivity (Wildman–Crippen MR) is 100 cm³/mol. The van der Waals surface area contributed by atoms with Crippen LogP contribution in [0.1, 0.15) is 0 Å². The fourth-order valence-corrected chi connectivity index (χ4v) is 4.57. The maximum Gasteiger partial charge on any atom is 0.211 e. The smallest absolute Gasteiger partial charge is 0.211 e. The van der Waals surface area contributed by atoms with Crippen molar-refractivity contribution in [2.45, 2.75) is 9.79 Å². The van der Waals surface area contributed by atoms with Crippen molar-refractivity contribution in [3.8, 4) is 17.1 Å². The summed E-state index contributed by atoms with van der Waals surface area (Å²) < 4.78 is 52.0. The second-order valence-electron chi connectivity index (χ2n) is 5.92. The van der Waals surface area contributed by atoms with Gasteiger partial charge in [-0.1, -0.05) is 24.3 Å². The lowest BCUT2D eigenvalue weighted by atomic mass is 10.1. The summed E-state index contributed by atoms with van der Waals surface area (Å²) in [6.07, 6.45) is 0. The molecule has 4 rings (SSSR count). The van der Waals surface area contributed by atoms with Crippen molar-refractivity contribution in [3.63, 3.8) is 0 Å². The molecule has 3 aromatic carbocycles. The Bertz CT molecular complexity index is 1220. The van der Waals surface area contributed by atoms with E-state index in [2.05, 4.69) is 0 Å². The van der Waals surface area contributed by atoms with Crippen molar-refractivity contribution in [1.82, 2.24) is 0 Å². The van der Waals surface area contributed by atoms with Gasteiger partial charge in [0.1, 0.15) is 22.0 Å². The summed E-state index contributed by atoms with van der Waals surface area (Å²) in [7, 11) is -2.46. The monoisotopic (exact) mass is 382 g/mol. The molecule has 0 aliphatic carbocycles. The van der Waals surface area contributed by atoms with Crippen molar-refractivity contribution in [3.05, 3.63) is 78.6 Å². The first-order valence-electron chi connectivity index (χ1n) is 8.18. The molecule has 0 bridgehead atoms. The van der Waals surface area contributed by atoms with Crippen molar-refractivity contribution in [2.75, 3.05) is 7.11 Å². The van der Waals surface area contributed by atoms with E-state index in [0.717, 1.165) is 0 Å². The number of methoxy groups -OCH3 is 1. The molecule has 4 aromatic rings. The van der Waals surface area contributed by atoms with Gasteiger partial charge in [0.05, 0.1) is 17.6 Å². The first-order chi connectivity index (χ1) is 13.0. The zero-order valence-electron chi connectivity index (χ0n) is 14.3. The van der Waals surface area contributed by atoms with Crippen LogP contribution in [-0.4, -0.2) is 15.5 Å². The van der Waals surface area contributed by atoms with Crippen LogP contribution in [0.2, 0.25) is 0 Å². The van der Waals surface area contributed by atoms with Crippen LogP contribution in [0, 0.1) is 5.82 Å². The molecule has 0 atom stereocenters. The summed E-state index contributed by atoms with van der Waals surface area (Å²) >= 11 is 0. The molecule has 1 heterocycles. The van der Waals surface area contributed by atoms with Gasteiger partial charge in [-0.25, -0.2) is 12.8 Å². The molecule has 136 valence electrons. The van der Waals surface area contributed by atoms with Gasteiger partial charge in [0, 0.05) is 5.39 Å². The minimum atomic E-state index is -3.96. The van der Waals surface area contributed by atoms with Crippen LogP contribution in [-0.2, 0) is 9.84 Å². The molecule has 1 aromatic heterocycles. The van der Waals surface area contributed by atoms with Crippen molar-refractivity contribution < 1.29 is 22.0 Å². The fourth-order valence-electron chi connectivity index (χ4n) is 2.98. The van der Waals surface area contributed by atoms with Crippen molar-refractivity contribution in [1.29, 1.82) is 0 Å². The first-order valence-corrected chi connectivity index (χ1v) is 9.66. The van der Waals surface area contributed by atoms with E-state index in [9.17, 15) is 12.8 Å². The van der Waals surface area contributed by atoms with E-state index in [0.29, 0.717) is 16.7 Å². The van der Waals surface area contributed by atoms with Gasteiger partial charge in [-0.15, -0.1) is 0 Å². The zero-order valence-corrected chi connectivity index (χ0v) is 15.2. The van der Waals surface area contributed by atoms with E-state index in [-0.39, 0.29) is 21.1 Å². The van der Waals surface area contributed by atoms with Gasteiger partial charge in [0.15, 0.2) is 5.76 Å². The number of para-hydroxylation sites is 1. The Morgan fingerprint density at radius 2 is 1.56 bits per heavy atom. The number of hydrogen-bond donors (Lipinski definition) is 0. The molecule has 0 fully saturated rings. The Kier molecular flexibility index (Phi) is 4.20. The zero-order chi connectivity index (χ0) is 19.0. The molecule has 0 saturated heterocycles. The number of halogens is 1. The summed E-state index contributed by atoms with van der Waals surface area (Å²) in [6, 6.07) is 18.8. The number of rotatable bonds is 4. The number of ether oxygens (including phenoxy) is 1. The molecular formula is C21H15FO4S. The normalized spacial score (nSPS) is 11.6. The highest BCUT2D eigenvalue weighted by Crippen LogP contribution is 2.40. The molecule has 6 heteroatoms. The standard InChI is InChI=1S/C21H15FO4S/c1-25-14-10-12-15(13-11-14)27(23,24)21-17-7-3-5-9-19(17)26-20(21)16-6-2-4-8-18(16)22/h2-13H,1H3. The Morgan fingerprint density at radius 1 is 0.889 bits per heavy atom. The Balaban J connectivity index is 2.02. The van der Waals surface area contributed by atoms with E-state index >= 15 is 0 Å². The molecule has 4 nitrogen and oxygen atoms in total. The van der Waals surface area contributed by atoms with Crippen LogP contribution in [0.4, 0.5) is 4.39 Å². The summed E-state index contributed by atoms with van der Waals surface area (Å²) in [6.45, 7) is 0. The lowest BCUT2D eigenvalue weighted by Gasteiger charge is -2.07. The SMILES string of the molecule is COc1ccc(S(=O)(=O)c2c(-c3ccccc3F)oc3ccccc23)cc1. The molecule has 0 aliphatic rings. The van der Waals surface area contributed by atoms with E-state index in [1.807, 2.05) is 0 Å². The highest BCUT2D eigenvalue weighted by molar-refractivity contribution is 7.91. The number of hydrogen-bond acceptors (Lipinski definition) is 4. The number of sulfone groups is 1. The Hall–Kier alpha value is -3.12. The van der Waals surface area contributed by atoms with Gasteiger partial charge in [-0.3, -0.25) is 0 Å². The third-order valence-corrected chi connectivity index (χ3v) is 6.14.